The van der Waals surface area contributed by atoms with Crippen LogP contribution in [0.2, 0.25) is 0 Å². The number of nitrogens with one attached hydrogen (secondary N) is 2. The Hall–Kier alpha value is -2.83. The van der Waals surface area contributed by atoms with Crippen molar-refractivity contribution in [2.75, 3.05) is 13.7 Å². The molecule has 2 atom stereocenters. The van der Waals surface area contributed by atoms with Crippen LogP contribution in [0.3, 0.4) is 0 Å². The molecule has 2 rings (SSSR count). The molecule has 0 radical (unpaired) electrons. The summed E-state index contributed by atoms with van der Waals surface area (Å²) >= 11 is 0. The molecule has 146 valence electrons. The van der Waals surface area contributed by atoms with Crippen LogP contribution in [-0.2, 0) is 20.7 Å². The number of benzene rings is 1. The van der Waals surface area contributed by atoms with Gasteiger partial charge in [-0.05, 0) is 29.9 Å². The molecule has 2 aromatic rings. The van der Waals surface area contributed by atoms with Crippen LogP contribution in [0.4, 0.5) is 4.79 Å². The smallest absolute Gasteiger partial charge is 0.418 e. The number of hydrogen-bond donors (Lipinski definition) is 2. The van der Waals surface area contributed by atoms with E-state index in [0.29, 0.717) is 19.4 Å². The molecule has 1 aromatic carbocycles. The Morgan fingerprint density at radius 3 is 2.56 bits per heavy atom. The second kappa shape index (κ2) is 9.21. The number of rotatable bonds is 8. The first-order valence-electron chi connectivity index (χ1n) is 9.05. The number of carbonyl (C=O) groups excluding carboxylic acids is 3. The summed E-state index contributed by atoms with van der Waals surface area (Å²) in [6.07, 6.45) is 2.40. The van der Waals surface area contributed by atoms with Crippen LogP contribution in [0.15, 0.2) is 30.5 Å². The number of nitrogens with zero attached hydrogens (tertiary/aromatic N) is 1. The number of fused-ring (bicyclic) bond motifs is 1. The average molecular weight is 373 g/mol. The number of methoxy groups -OCH3 is 1. The zero-order chi connectivity index (χ0) is 20.0. The van der Waals surface area contributed by atoms with Crippen molar-refractivity contribution in [2.45, 2.75) is 33.2 Å². The summed E-state index contributed by atoms with van der Waals surface area (Å²) in [7, 11) is 1.34. The van der Waals surface area contributed by atoms with Crippen LogP contribution in [0.1, 0.15) is 26.3 Å². The predicted molar refractivity (Wildman–Crippen MR) is 103 cm³/mol. The lowest BCUT2D eigenvalue weighted by atomic mass is 9.90. The average Bonchev–Trinajstić information content (AvgIpc) is 3.03. The molecule has 1 aromatic heterocycles. The minimum absolute atomic E-state index is 0.0106. The fourth-order valence-electron chi connectivity index (χ4n) is 3.05. The zero-order valence-corrected chi connectivity index (χ0v) is 16.2. The lowest BCUT2D eigenvalue weighted by molar-refractivity contribution is -0.127. The summed E-state index contributed by atoms with van der Waals surface area (Å²) in [5.74, 6) is 0.0580. The summed E-state index contributed by atoms with van der Waals surface area (Å²) in [6, 6.07) is 6.97. The third-order valence-electron chi connectivity index (χ3n) is 4.97. The lowest BCUT2D eigenvalue weighted by Crippen LogP contribution is -2.49. The van der Waals surface area contributed by atoms with Crippen LogP contribution in [0.25, 0.3) is 10.9 Å². The maximum absolute atomic E-state index is 12.5. The third-order valence-corrected chi connectivity index (χ3v) is 4.97. The summed E-state index contributed by atoms with van der Waals surface area (Å²) in [5, 5.41) is 6.43. The Labute approximate surface area is 159 Å². The number of ether oxygens (including phenoxy) is 1. The van der Waals surface area contributed by atoms with Gasteiger partial charge >= 0.3 is 6.09 Å². The maximum atomic E-state index is 12.5. The molecular weight excluding hydrogens is 346 g/mol. The summed E-state index contributed by atoms with van der Waals surface area (Å²) in [6.45, 7) is 6.36. The van der Waals surface area contributed by atoms with E-state index in [0.717, 1.165) is 16.5 Å². The van der Waals surface area contributed by atoms with Crippen molar-refractivity contribution in [3.05, 3.63) is 36.0 Å². The van der Waals surface area contributed by atoms with Crippen LogP contribution in [0.5, 0.6) is 0 Å². The van der Waals surface area contributed by atoms with Gasteiger partial charge in [-0.1, -0.05) is 39.0 Å². The van der Waals surface area contributed by atoms with E-state index in [2.05, 4.69) is 10.6 Å². The molecule has 0 saturated heterocycles. The maximum Gasteiger partial charge on any atom is 0.418 e. The highest BCUT2D eigenvalue weighted by atomic mass is 16.5. The van der Waals surface area contributed by atoms with Gasteiger partial charge in [0.15, 0.2) is 0 Å². The lowest BCUT2D eigenvalue weighted by Gasteiger charge is -2.25. The standard InChI is InChI=1S/C20H27N3O4/c1-13(2)14(3)18(22-12-24)19(25)21-10-9-15-11-23(20(26)27-4)17-8-6-5-7-16(15)17/h5-8,11-14,18H,9-10H2,1-4H3,(H,21,25)(H,22,24)/t14?,18-/m1/s1. The van der Waals surface area contributed by atoms with Crippen molar-refractivity contribution in [3.8, 4) is 0 Å². The van der Waals surface area contributed by atoms with E-state index in [1.54, 1.807) is 6.20 Å². The molecule has 0 saturated carbocycles. The first-order chi connectivity index (χ1) is 12.9. The molecule has 27 heavy (non-hydrogen) atoms. The fraction of sp³-hybridized carbons (Fsp3) is 0.450. The molecule has 7 nitrogen and oxygen atoms in total. The van der Waals surface area contributed by atoms with E-state index < -0.39 is 12.1 Å². The quantitative estimate of drug-likeness (QED) is 0.695. The summed E-state index contributed by atoms with van der Waals surface area (Å²) in [5.41, 5.74) is 1.70. The van der Waals surface area contributed by atoms with E-state index in [-0.39, 0.29) is 17.7 Å². The van der Waals surface area contributed by atoms with Crippen molar-refractivity contribution >= 4 is 29.3 Å². The number of hydrogen-bond acceptors (Lipinski definition) is 4. The third kappa shape index (κ3) is 4.67. The Kier molecular flexibility index (Phi) is 6.98. The first-order valence-corrected chi connectivity index (χ1v) is 9.05. The van der Waals surface area contributed by atoms with Crippen LogP contribution in [0, 0.1) is 11.8 Å². The van der Waals surface area contributed by atoms with Gasteiger partial charge in [0.05, 0.1) is 12.6 Å². The Morgan fingerprint density at radius 2 is 1.93 bits per heavy atom. The molecule has 1 unspecified atom stereocenters. The topological polar surface area (TPSA) is 89.4 Å². The molecule has 0 bridgehead atoms. The molecule has 0 aliphatic heterocycles. The van der Waals surface area contributed by atoms with Crippen molar-refractivity contribution < 1.29 is 19.1 Å². The van der Waals surface area contributed by atoms with Crippen molar-refractivity contribution in [1.82, 2.24) is 15.2 Å². The number of aromatic nitrogens is 1. The summed E-state index contributed by atoms with van der Waals surface area (Å²) in [4.78, 5) is 35.3. The SMILES string of the molecule is COC(=O)n1cc(CCNC(=O)[C@H](NC=O)C(C)C(C)C)c2ccccc21. The molecule has 1 heterocycles. The highest BCUT2D eigenvalue weighted by Crippen LogP contribution is 2.22. The fourth-order valence-corrected chi connectivity index (χ4v) is 3.05. The van der Waals surface area contributed by atoms with Crippen molar-refractivity contribution in [2.24, 2.45) is 11.8 Å². The Bertz CT molecular complexity index is 813. The van der Waals surface area contributed by atoms with E-state index in [1.807, 2.05) is 45.0 Å². The molecule has 2 N–H and O–H groups in total. The number of carbonyl (C=O) groups is 3. The highest BCUT2D eigenvalue weighted by Gasteiger charge is 2.26. The Balaban J connectivity index is 2.09. The minimum atomic E-state index is -0.570. The van der Waals surface area contributed by atoms with E-state index in [1.165, 1.54) is 11.7 Å². The largest absolute Gasteiger partial charge is 0.452 e. The molecular formula is C20H27N3O4. The summed E-state index contributed by atoms with van der Waals surface area (Å²) < 4.78 is 6.28. The van der Waals surface area contributed by atoms with E-state index in [9.17, 15) is 14.4 Å². The normalized spacial score (nSPS) is 13.2. The van der Waals surface area contributed by atoms with Gasteiger partial charge < -0.3 is 15.4 Å². The molecule has 0 aliphatic carbocycles. The second-order valence-electron chi connectivity index (χ2n) is 6.92. The van der Waals surface area contributed by atoms with Crippen LogP contribution < -0.4 is 10.6 Å². The van der Waals surface area contributed by atoms with Gasteiger partial charge in [-0.25, -0.2) is 4.79 Å². The number of para-hydroxylation sites is 1. The van der Waals surface area contributed by atoms with Gasteiger partial charge in [0, 0.05) is 18.1 Å². The van der Waals surface area contributed by atoms with Gasteiger partial charge in [-0.2, -0.15) is 0 Å². The molecule has 0 fully saturated rings. The van der Waals surface area contributed by atoms with E-state index >= 15 is 0 Å². The van der Waals surface area contributed by atoms with Gasteiger partial charge in [0.25, 0.3) is 0 Å². The second-order valence-corrected chi connectivity index (χ2v) is 6.92. The first kappa shape index (κ1) is 20.5. The van der Waals surface area contributed by atoms with Crippen molar-refractivity contribution in [1.29, 1.82) is 0 Å². The van der Waals surface area contributed by atoms with Gasteiger partial charge in [-0.15, -0.1) is 0 Å². The molecule has 2 amide bonds. The zero-order valence-electron chi connectivity index (χ0n) is 16.2. The van der Waals surface area contributed by atoms with Gasteiger partial charge in [0.1, 0.15) is 6.04 Å². The molecule has 0 spiro atoms. The predicted octanol–water partition coefficient (Wildman–Crippen LogP) is 2.32. The van der Waals surface area contributed by atoms with Gasteiger partial charge in [0.2, 0.25) is 12.3 Å². The minimum Gasteiger partial charge on any atom is -0.452 e. The molecule has 7 heteroatoms. The van der Waals surface area contributed by atoms with Gasteiger partial charge in [-0.3, -0.25) is 14.2 Å². The molecule has 0 aliphatic rings. The Morgan fingerprint density at radius 1 is 1.22 bits per heavy atom. The van der Waals surface area contributed by atoms with Crippen LogP contribution in [-0.4, -0.2) is 42.7 Å². The highest BCUT2D eigenvalue weighted by molar-refractivity contribution is 5.92. The number of amides is 2. The van der Waals surface area contributed by atoms with Crippen LogP contribution >= 0.6 is 0 Å². The monoisotopic (exact) mass is 373 g/mol. The van der Waals surface area contributed by atoms with Crippen molar-refractivity contribution in [3.63, 3.8) is 0 Å². The van der Waals surface area contributed by atoms with E-state index in [4.69, 9.17) is 4.74 Å².